The fraction of sp³-hybridized carbons (Fsp3) is 0.364. The van der Waals surface area contributed by atoms with Crippen molar-refractivity contribution in [2.45, 2.75) is 19.4 Å². The van der Waals surface area contributed by atoms with Gasteiger partial charge in [-0.05, 0) is 18.6 Å². The molecule has 0 saturated carbocycles. The molecule has 0 bridgehead atoms. The lowest BCUT2D eigenvalue weighted by molar-refractivity contribution is -0.387. The highest BCUT2D eigenvalue weighted by Crippen LogP contribution is 2.18. The number of nitrogens with zero attached hydrogens (tertiary/aromatic N) is 1. The fourth-order valence-electron chi connectivity index (χ4n) is 1.34. The predicted molar refractivity (Wildman–Crippen MR) is 61.7 cm³/mol. The molecule has 0 spiro atoms. The predicted octanol–water partition coefficient (Wildman–Crippen LogP) is 1.23. The first-order chi connectivity index (χ1) is 8.49. The molecule has 1 aromatic rings. The van der Waals surface area contributed by atoms with E-state index in [0.717, 1.165) is 18.2 Å². The molecule has 0 aromatic heterocycles. The molecule has 2 N–H and O–H groups in total. The van der Waals surface area contributed by atoms with E-state index in [9.17, 15) is 19.3 Å². The van der Waals surface area contributed by atoms with Crippen molar-refractivity contribution in [2.75, 3.05) is 6.61 Å². The summed E-state index contributed by atoms with van der Waals surface area (Å²) in [5, 5.41) is 21.9. The van der Waals surface area contributed by atoms with E-state index in [1.54, 1.807) is 6.92 Å². The number of aliphatic hydroxyl groups excluding tert-OH is 1. The van der Waals surface area contributed by atoms with Gasteiger partial charge < -0.3 is 10.4 Å². The summed E-state index contributed by atoms with van der Waals surface area (Å²) in [5.41, 5.74) is -0.769. The zero-order chi connectivity index (χ0) is 13.7. The molecule has 0 aliphatic rings. The molecule has 1 rings (SSSR count). The number of carbonyl (C=O) groups excluding carboxylic acids is 1. The van der Waals surface area contributed by atoms with Crippen LogP contribution in [0.4, 0.5) is 10.1 Å². The lowest BCUT2D eigenvalue weighted by Crippen LogP contribution is -2.36. The average molecular weight is 256 g/mol. The molecule has 1 atom stereocenters. The van der Waals surface area contributed by atoms with Crippen molar-refractivity contribution in [1.29, 1.82) is 0 Å². The van der Waals surface area contributed by atoms with Crippen LogP contribution in [0.25, 0.3) is 0 Å². The van der Waals surface area contributed by atoms with Gasteiger partial charge in [0, 0.05) is 11.6 Å². The lowest BCUT2D eigenvalue weighted by atomic mass is 10.1. The molecule has 0 radical (unpaired) electrons. The van der Waals surface area contributed by atoms with Gasteiger partial charge in [0.25, 0.3) is 5.91 Å². The SMILES string of the molecule is CC[C@H](CO)NC(=O)c1ccc(F)c([N+](=O)[O-])c1. The van der Waals surface area contributed by atoms with Gasteiger partial charge in [-0.3, -0.25) is 14.9 Å². The van der Waals surface area contributed by atoms with Crippen LogP contribution in [0.5, 0.6) is 0 Å². The minimum Gasteiger partial charge on any atom is -0.394 e. The molecule has 1 amide bonds. The van der Waals surface area contributed by atoms with Crippen LogP contribution in [0.3, 0.4) is 0 Å². The maximum atomic E-state index is 13.1. The van der Waals surface area contributed by atoms with Gasteiger partial charge >= 0.3 is 5.69 Å². The first-order valence-electron chi connectivity index (χ1n) is 5.35. The first-order valence-corrected chi connectivity index (χ1v) is 5.35. The number of rotatable bonds is 5. The summed E-state index contributed by atoms with van der Waals surface area (Å²) in [4.78, 5) is 21.3. The van der Waals surface area contributed by atoms with Gasteiger partial charge in [-0.2, -0.15) is 4.39 Å². The Morgan fingerprint density at radius 1 is 1.61 bits per heavy atom. The second-order valence-electron chi connectivity index (χ2n) is 3.68. The van der Waals surface area contributed by atoms with Crippen LogP contribution < -0.4 is 5.32 Å². The van der Waals surface area contributed by atoms with E-state index < -0.39 is 28.4 Å². The van der Waals surface area contributed by atoms with E-state index in [2.05, 4.69) is 5.32 Å². The van der Waals surface area contributed by atoms with E-state index in [0.29, 0.717) is 6.42 Å². The molecule has 18 heavy (non-hydrogen) atoms. The Hall–Kier alpha value is -2.02. The van der Waals surface area contributed by atoms with Crippen molar-refractivity contribution in [3.05, 3.63) is 39.7 Å². The van der Waals surface area contributed by atoms with Crippen LogP contribution in [-0.4, -0.2) is 28.6 Å². The Bertz CT molecular complexity index is 460. The number of hydrogen-bond acceptors (Lipinski definition) is 4. The average Bonchev–Trinajstić information content (AvgIpc) is 2.35. The Morgan fingerprint density at radius 3 is 2.78 bits per heavy atom. The third-order valence-electron chi connectivity index (χ3n) is 2.45. The van der Waals surface area contributed by atoms with Crippen LogP contribution in [-0.2, 0) is 0 Å². The number of aliphatic hydroxyl groups is 1. The van der Waals surface area contributed by atoms with E-state index in [1.165, 1.54) is 0 Å². The molecular weight excluding hydrogens is 243 g/mol. The standard InChI is InChI=1S/C11H13FN2O4/c1-2-8(6-15)13-11(16)7-3-4-9(12)10(5-7)14(17)18/h3-5,8,15H,2,6H2,1H3,(H,13,16)/t8-/m1/s1. The number of nitro groups is 1. The van der Waals surface area contributed by atoms with Gasteiger partial charge in [0.05, 0.1) is 17.6 Å². The van der Waals surface area contributed by atoms with E-state index >= 15 is 0 Å². The topological polar surface area (TPSA) is 92.5 Å². The molecule has 1 aromatic carbocycles. The van der Waals surface area contributed by atoms with Crippen LogP contribution >= 0.6 is 0 Å². The zero-order valence-corrected chi connectivity index (χ0v) is 9.72. The van der Waals surface area contributed by atoms with Gasteiger partial charge in [0.15, 0.2) is 0 Å². The Labute approximate surface area is 103 Å². The minimum atomic E-state index is -0.995. The van der Waals surface area contributed by atoms with Crippen molar-refractivity contribution < 1.29 is 19.2 Å². The number of benzene rings is 1. The second-order valence-corrected chi connectivity index (χ2v) is 3.68. The number of halogens is 1. The Kier molecular flexibility index (Phi) is 4.73. The number of nitrogens with one attached hydrogen (secondary N) is 1. The molecule has 0 aliphatic heterocycles. The third-order valence-corrected chi connectivity index (χ3v) is 2.45. The monoisotopic (exact) mass is 256 g/mol. The first kappa shape index (κ1) is 14.0. The highest BCUT2D eigenvalue weighted by atomic mass is 19.1. The van der Waals surface area contributed by atoms with E-state index in [-0.39, 0.29) is 12.2 Å². The summed E-state index contributed by atoms with van der Waals surface area (Å²) in [5.74, 6) is -1.58. The number of amides is 1. The summed E-state index contributed by atoms with van der Waals surface area (Å²) in [7, 11) is 0. The molecule has 0 unspecified atom stereocenters. The molecule has 0 saturated heterocycles. The van der Waals surface area contributed by atoms with Crippen molar-refractivity contribution in [1.82, 2.24) is 5.32 Å². The largest absolute Gasteiger partial charge is 0.394 e. The fourth-order valence-corrected chi connectivity index (χ4v) is 1.34. The van der Waals surface area contributed by atoms with Crippen LogP contribution in [0.1, 0.15) is 23.7 Å². The van der Waals surface area contributed by atoms with Gasteiger partial charge in [-0.15, -0.1) is 0 Å². The summed E-state index contributed by atoms with van der Waals surface area (Å²) in [6.45, 7) is 1.54. The summed E-state index contributed by atoms with van der Waals surface area (Å²) in [6.07, 6.45) is 0.519. The van der Waals surface area contributed by atoms with Gasteiger partial charge in [0.2, 0.25) is 5.82 Å². The quantitative estimate of drug-likeness (QED) is 0.612. The molecule has 7 heteroatoms. The third kappa shape index (κ3) is 3.24. The smallest absolute Gasteiger partial charge is 0.305 e. The summed E-state index contributed by atoms with van der Waals surface area (Å²) < 4.78 is 13.1. The molecular formula is C11H13FN2O4. The summed E-state index contributed by atoms with van der Waals surface area (Å²) >= 11 is 0. The Balaban J connectivity index is 2.93. The van der Waals surface area contributed by atoms with Gasteiger partial charge in [-0.25, -0.2) is 0 Å². The van der Waals surface area contributed by atoms with Crippen molar-refractivity contribution >= 4 is 11.6 Å². The number of nitro benzene ring substituents is 1. The maximum Gasteiger partial charge on any atom is 0.305 e. The van der Waals surface area contributed by atoms with Crippen LogP contribution in [0.15, 0.2) is 18.2 Å². The van der Waals surface area contributed by atoms with Crippen molar-refractivity contribution in [3.63, 3.8) is 0 Å². The van der Waals surface area contributed by atoms with Crippen LogP contribution in [0, 0.1) is 15.9 Å². The van der Waals surface area contributed by atoms with E-state index in [1.807, 2.05) is 0 Å². The molecule has 98 valence electrons. The highest BCUT2D eigenvalue weighted by Gasteiger charge is 2.18. The van der Waals surface area contributed by atoms with Crippen molar-refractivity contribution in [2.24, 2.45) is 0 Å². The maximum absolute atomic E-state index is 13.1. The van der Waals surface area contributed by atoms with Crippen molar-refractivity contribution in [3.8, 4) is 0 Å². The number of hydrogen-bond donors (Lipinski definition) is 2. The van der Waals surface area contributed by atoms with Gasteiger partial charge in [0.1, 0.15) is 0 Å². The Morgan fingerprint density at radius 2 is 2.28 bits per heavy atom. The van der Waals surface area contributed by atoms with Crippen LogP contribution in [0.2, 0.25) is 0 Å². The molecule has 6 nitrogen and oxygen atoms in total. The highest BCUT2D eigenvalue weighted by molar-refractivity contribution is 5.95. The second kappa shape index (κ2) is 6.06. The molecule has 0 heterocycles. The van der Waals surface area contributed by atoms with Gasteiger partial charge in [-0.1, -0.05) is 6.92 Å². The molecule has 0 fully saturated rings. The minimum absolute atomic E-state index is 0.0185. The summed E-state index contributed by atoms with van der Waals surface area (Å²) in [6, 6.07) is 2.46. The van der Waals surface area contributed by atoms with E-state index in [4.69, 9.17) is 5.11 Å². The molecule has 0 aliphatic carbocycles. The normalized spacial score (nSPS) is 11.9. The zero-order valence-electron chi connectivity index (χ0n) is 9.72. The number of carbonyl (C=O) groups is 1. The lowest BCUT2D eigenvalue weighted by Gasteiger charge is -2.13.